The van der Waals surface area contributed by atoms with Crippen LogP contribution < -0.4 is 14.8 Å². The lowest BCUT2D eigenvalue weighted by atomic mass is 9.99. The van der Waals surface area contributed by atoms with Crippen molar-refractivity contribution >= 4 is 17.3 Å². The summed E-state index contributed by atoms with van der Waals surface area (Å²) in [5.41, 5.74) is 3.12. The summed E-state index contributed by atoms with van der Waals surface area (Å²) in [7, 11) is 4.83. The number of rotatable bonds is 4. The van der Waals surface area contributed by atoms with Crippen LogP contribution in [0.3, 0.4) is 0 Å². The predicted molar refractivity (Wildman–Crippen MR) is 111 cm³/mol. The van der Waals surface area contributed by atoms with E-state index in [-0.39, 0.29) is 23.0 Å². The Balaban J connectivity index is 0.000000176. The van der Waals surface area contributed by atoms with E-state index < -0.39 is 9.85 Å². The van der Waals surface area contributed by atoms with Crippen LogP contribution in [0.25, 0.3) is 0 Å². The lowest BCUT2D eigenvalue weighted by Gasteiger charge is -2.25. The molecule has 11 nitrogen and oxygen atoms in total. The third kappa shape index (κ3) is 4.56. The summed E-state index contributed by atoms with van der Waals surface area (Å²) >= 11 is 0. The molecule has 1 amide bonds. The molecule has 164 valence electrons. The molecule has 0 unspecified atom stereocenters. The third-order valence-electron chi connectivity index (χ3n) is 5.19. The zero-order chi connectivity index (χ0) is 22.7. The van der Waals surface area contributed by atoms with E-state index in [1.165, 1.54) is 26.4 Å². The second-order valence-electron chi connectivity index (χ2n) is 7.16. The van der Waals surface area contributed by atoms with Crippen LogP contribution in [0.2, 0.25) is 0 Å². The Bertz CT molecular complexity index is 1050. The number of nitrogens with zero attached hydrogens (tertiary/aromatic N) is 3. The molecular weight excluding hydrogens is 408 g/mol. The predicted octanol–water partition coefficient (Wildman–Crippen LogP) is 2.44. The zero-order valence-corrected chi connectivity index (χ0v) is 17.3. The highest BCUT2D eigenvalue weighted by Crippen LogP contribution is 2.33. The van der Waals surface area contributed by atoms with Crippen LogP contribution in [-0.2, 0) is 19.5 Å². The number of hydrogen-bond donors (Lipinski definition) is 1. The minimum Gasteiger partial charge on any atom is -0.490 e. The monoisotopic (exact) mass is 430 g/mol. The maximum absolute atomic E-state index is 11.3. The van der Waals surface area contributed by atoms with Crippen molar-refractivity contribution in [1.82, 2.24) is 10.2 Å². The summed E-state index contributed by atoms with van der Waals surface area (Å²) in [4.78, 5) is 34.0. The summed E-state index contributed by atoms with van der Waals surface area (Å²) < 4.78 is 9.93. The van der Waals surface area contributed by atoms with Gasteiger partial charge in [-0.1, -0.05) is 0 Å². The van der Waals surface area contributed by atoms with Crippen molar-refractivity contribution < 1.29 is 24.1 Å². The number of fused-ring (bicyclic) bond motifs is 2. The number of methoxy groups -OCH3 is 2. The van der Waals surface area contributed by atoms with Crippen molar-refractivity contribution in [3.63, 3.8) is 0 Å². The normalized spacial score (nSPS) is 14.5. The van der Waals surface area contributed by atoms with E-state index in [0.29, 0.717) is 17.9 Å². The van der Waals surface area contributed by atoms with E-state index in [9.17, 15) is 25.0 Å². The molecular formula is C20H22N4O7. The molecule has 0 fully saturated rings. The molecule has 2 aliphatic rings. The Morgan fingerprint density at radius 3 is 2.10 bits per heavy atom. The molecule has 0 bridgehead atoms. The topological polar surface area (TPSA) is 137 Å². The molecule has 2 heterocycles. The van der Waals surface area contributed by atoms with E-state index >= 15 is 0 Å². The number of ether oxygens (including phenoxy) is 2. The minimum absolute atomic E-state index is 0.0524. The van der Waals surface area contributed by atoms with Gasteiger partial charge in [0.25, 0.3) is 5.91 Å². The maximum atomic E-state index is 11.3. The molecule has 2 aromatic carbocycles. The van der Waals surface area contributed by atoms with Crippen molar-refractivity contribution in [2.75, 3.05) is 27.8 Å². The van der Waals surface area contributed by atoms with Gasteiger partial charge in [-0.2, -0.15) is 0 Å². The first-order chi connectivity index (χ1) is 14.7. The van der Waals surface area contributed by atoms with E-state index in [1.807, 2.05) is 7.05 Å². The van der Waals surface area contributed by atoms with Gasteiger partial charge in [0, 0.05) is 31.8 Å². The Hall–Kier alpha value is -3.73. The Labute approximate surface area is 177 Å². The van der Waals surface area contributed by atoms with Gasteiger partial charge in [-0.3, -0.25) is 25.0 Å². The Morgan fingerprint density at radius 1 is 0.935 bits per heavy atom. The first kappa shape index (κ1) is 22.0. The van der Waals surface area contributed by atoms with Gasteiger partial charge in [0.2, 0.25) is 0 Å². The molecule has 4 rings (SSSR count). The average Bonchev–Trinajstić information content (AvgIpc) is 3.11. The van der Waals surface area contributed by atoms with Crippen molar-refractivity contribution in [3.8, 4) is 11.5 Å². The van der Waals surface area contributed by atoms with Crippen LogP contribution in [0.4, 0.5) is 11.4 Å². The number of benzene rings is 2. The standard InChI is InChI=1S/C11H14N2O3.C9H8N2O4/c1-12-4-3-8-6-11(16-2)10(13(14)15)5-9(8)7-12;1-15-8-2-5-4-10-9(12)6(5)3-7(8)11(13)14/h5-6H,3-4,7H2,1-2H3;2-3H,4H2,1H3,(H,10,12). The second kappa shape index (κ2) is 8.96. The van der Waals surface area contributed by atoms with Crippen LogP contribution >= 0.6 is 0 Å². The number of hydrogen-bond acceptors (Lipinski definition) is 8. The lowest BCUT2D eigenvalue weighted by molar-refractivity contribution is -0.385. The smallest absolute Gasteiger partial charge is 0.311 e. The van der Waals surface area contributed by atoms with Crippen LogP contribution in [0.15, 0.2) is 24.3 Å². The number of nitro groups is 2. The average molecular weight is 430 g/mol. The number of nitrogens with one attached hydrogen (secondary N) is 1. The van der Waals surface area contributed by atoms with E-state index in [1.54, 1.807) is 12.1 Å². The van der Waals surface area contributed by atoms with E-state index in [2.05, 4.69) is 10.2 Å². The van der Waals surface area contributed by atoms with Gasteiger partial charge in [0.1, 0.15) is 0 Å². The fourth-order valence-electron chi connectivity index (χ4n) is 3.57. The van der Waals surface area contributed by atoms with Gasteiger partial charge in [-0.25, -0.2) is 0 Å². The van der Waals surface area contributed by atoms with Crippen molar-refractivity contribution in [2.45, 2.75) is 19.5 Å². The summed E-state index contributed by atoms with van der Waals surface area (Å²) in [6.07, 6.45) is 0.917. The minimum atomic E-state index is -0.565. The van der Waals surface area contributed by atoms with Gasteiger partial charge in [-0.15, -0.1) is 0 Å². The van der Waals surface area contributed by atoms with Crippen LogP contribution in [0.5, 0.6) is 11.5 Å². The molecule has 0 aromatic heterocycles. The molecule has 0 aliphatic carbocycles. The maximum Gasteiger partial charge on any atom is 0.311 e. The highest BCUT2D eigenvalue weighted by atomic mass is 16.6. The van der Waals surface area contributed by atoms with E-state index in [0.717, 1.165) is 36.2 Å². The number of carbonyl (C=O) groups excluding carboxylic acids is 1. The molecule has 0 saturated heterocycles. The van der Waals surface area contributed by atoms with Gasteiger partial charge in [-0.05, 0) is 42.3 Å². The number of carbonyl (C=O) groups is 1. The van der Waals surface area contributed by atoms with Gasteiger partial charge >= 0.3 is 11.4 Å². The molecule has 0 radical (unpaired) electrons. The van der Waals surface area contributed by atoms with Crippen LogP contribution in [0, 0.1) is 20.2 Å². The van der Waals surface area contributed by atoms with Crippen molar-refractivity contribution in [1.29, 1.82) is 0 Å². The molecule has 2 aliphatic heterocycles. The molecule has 11 heteroatoms. The summed E-state index contributed by atoms with van der Waals surface area (Å²) in [5.74, 6) is 0.249. The number of likely N-dealkylation sites (N-methyl/N-ethyl adjacent to an activating group) is 1. The van der Waals surface area contributed by atoms with Crippen molar-refractivity contribution in [3.05, 3.63) is 66.7 Å². The second-order valence-corrected chi connectivity index (χ2v) is 7.16. The molecule has 31 heavy (non-hydrogen) atoms. The molecule has 0 spiro atoms. The lowest BCUT2D eigenvalue weighted by Crippen LogP contribution is -2.26. The van der Waals surface area contributed by atoms with Gasteiger partial charge < -0.3 is 19.7 Å². The quantitative estimate of drug-likeness (QED) is 0.577. The fraction of sp³-hybridized carbons (Fsp3) is 0.350. The third-order valence-corrected chi connectivity index (χ3v) is 5.19. The van der Waals surface area contributed by atoms with Gasteiger partial charge in [0.15, 0.2) is 11.5 Å². The fourth-order valence-corrected chi connectivity index (χ4v) is 3.57. The molecule has 0 saturated carbocycles. The molecule has 1 N–H and O–H groups in total. The van der Waals surface area contributed by atoms with Crippen LogP contribution in [-0.4, -0.2) is 48.5 Å². The van der Waals surface area contributed by atoms with Crippen molar-refractivity contribution in [2.24, 2.45) is 0 Å². The zero-order valence-electron chi connectivity index (χ0n) is 17.3. The van der Waals surface area contributed by atoms with Gasteiger partial charge in [0.05, 0.1) is 29.6 Å². The summed E-state index contributed by atoms with van der Waals surface area (Å²) in [6, 6.07) is 6.19. The first-order valence-corrected chi connectivity index (χ1v) is 9.41. The Morgan fingerprint density at radius 2 is 1.52 bits per heavy atom. The Kier molecular flexibility index (Phi) is 6.35. The first-order valence-electron chi connectivity index (χ1n) is 9.41. The van der Waals surface area contributed by atoms with E-state index in [4.69, 9.17) is 9.47 Å². The highest BCUT2D eigenvalue weighted by Gasteiger charge is 2.26. The van der Waals surface area contributed by atoms with Crippen LogP contribution in [0.1, 0.15) is 27.0 Å². The summed E-state index contributed by atoms with van der Waals surface area (Å²) in [6.45, 7) is 2.14. The molecule has 2 aromatic rings. The number of amides is 1. The SMILES string of the molecule is COc1cc2c(cc1[N+](=O)[O-])C(=O)NC2.COc1cc2c(cc1[N+](=O)[O-])CN(C)CC2. The number of nitro benzene ring substituents is 2. The largest absolute Gasteiger partial charge is 0.490 e. The highest BCUT2D eigenvalue weighted by molar-refractivity contribution is 5.99. The summed E-state index contributed by atoms with van der Waals surface area (Å²) in [5, 5.41) is 24.1. The molecule has 0 atom stereocenters.